The first-order valence-electron chi connectivity index (χ1n) is 6.13. The fourth-order valence-electron chi connectivity index (χ4n) is 1.92. The Hall–Kier alpha value is -1.39. The van der Waals surface area contributed by atoms with E-state index in [4.69, 9.17) is 9.47 Å². The summed E-state index contributed by atoms with van der Waals surface area (Å²) in [6.45, 7) is 6.69. The van der Waals surface area contributed by atoms with Crippen LogP contribution in [0.1, 0.15) is 31.1 Å². The van der Waals surface area contributed by atoms with Crippen molar-refractivity contribution in [1.82, 2.24) is 0 Å². The van der Waals surface area contributed by atoms with Gasteiger partial charge >= 0.3 is 0 Å². The highest BCUT2D eigenvalue weighted by Gasteiger charge is 2.32. The summed E-state index contributed by atoms with van der Waals surface area (Å²) in [7, 11) is 0. The highest BCUT2D eigenvalue weighted by atomic mass is 16.7. The number of hydrogen-bond donors (Lipinski definition) is 1. The summed E-state index contributed by atoms with van der Waals surface area (Å²) in [6, 6.07) is 7.44. The Labute approximate surface area is 107 Å². The van der Waals surface area contributed by atoms with Crippen LogP contribution in [-0.2, 0) is 9.47 Å². The van der Waals surface area contributed by atoms with E-state index in [2.05, 4.69) is 5.32 Å². The fourth-order valence-corrected chi connectivity index (χ4v) is 1.92. The van der Waals surface area contributed by atoms with E-state index in [-0.39, 0.29) is 11.9 Å². The summed E-state index contributed by atoms with van der Waals surface area (Å²) in [5, 5.41) is 3.27. The third-order valence-corrected chi connectivity index (χ3v) is 2.89. The van der Waals surface area contributed by atoms with Crippen LogP contribution in [0.4, 0.5) is 5.69 Å². The van der Waals surface area contributed by atoms with Crippen molar-refractivity contribution < 1.29 is 14.3 Å². The molecular weight excluding hydrogens is 230 g/mol. The largest absolute Gasteiger partial charge is 0.382 e. The van der Waals surface area contributed by atoms with E-state index < -0.39 is 5.79 Å². The lowest BCUT2D eigenvalue weighted by Gasteiger charge is -2.17. The molecule has 1 unspecified atom stereocenters. The minimum atomic E-state index is -0.481. The van der Waals surface area contributed by atoms with E-state index in [0.29, 0.717) is 13.2 Å². The molecule has 0 amide bonds. The van der Waals surface area contributed by atoms with Crippen LogP contribution in [0.15, 0.2) is 24.3 Å². The van der Waals surface area contributed by atoms with Crippen LogP contribution in [0.25, 0.3) is 0 Å². The maximum Gasteiger partial charge on any atom is 0.163 e. The van der Waals surface area contributed by atoms with E-state index in [9.17, 15) is 4.79 Å². The van der Waals surface area contributed by atoms with Crippen molar-refractivity contribution in [3.8, 4) is 0 Å². The fraction of sp³-hybridized carbons (Fsp3) is 0.500. The van der Waals surface area contributed by atoms with E-state index >= 15 is 0 Å². The molecule has 98 valence electrons. The molecule has 0 saturated carbocycles. The van der Waals surface area contributed by atoms with Crippen molar-refractivity contribution in [2.45, 2.75) is 32.7 Å². The molecule has 1 fully saturated rings. The second-order valence-corrected chi connectivity index (χ2v) is 4.97. The van der Waals surface area contributed by atoms with Crippen molar-refractivity contribution in [3.63, 3.8) is 0 Å². The van der Waals surface area contributed by atoms with Crippen molar-refractivity contribution in [3.05, 3.63) is 29.8 Å². The Morgan fingerprint density at radius 3 is 2.56 bits per heavy atom. The van der Waals surface area contributed by atoms with E-state index in [1.54, 1.807) is 6.92 Å². The van der Waals surface area contributed by atoms with Gasteiger partial charge in [-0.05, 0) is 45.0 Å². The van der Waals surface area contributed by atoms with Gasteiger partial charge < -0.3 is 14.8 Å². The standard InChI is InChI=1S/C14H19NO3/c1-10(16)11-4-6-12(7-5-11)15-8-13-9-17-14(2,3)18-13/h4-7,13,15H,8-9H2,1-3H3. The van der Waals surface area contributed by atoms with Crippen molar-refractivity contribution >= 4 is 11.5 Å². The van der Waals surface area contributed by atoms with Gasteiger partial charge in [0.1, 0.15) is 6.10 Å². The van der Waals surface area contributed by atoms with Crippen LogP contribution in [0.3, 0.4) is 0 Å². The van der Waals surface area contributed by atoms with Crippen LogP contribution in [0, 0.1) is 0 Å². The maximum absolute atomic E-state index is 11.1. The summed E-state index contributed by atoms with van der Waals surface area (Å²) in [5.41, 5.74) is 1.70. The number of benzene rings is 1. The van der Waals surface area contributed by atoms with Crippen LogP contribution in [0.5, 0.6) is 0 Å². The normalized spacial score (nSPS) is 21.8. The lowest BCUT2D eigenvalue weighted by atomic mass is 10.1. The van der Waals surface area contributed by atoms with Gasteiger partial charge in [-0.3, -0.25) is 4.79 Å². The Morgan fingerprint density at radius 1 is 1.39 bits per heavy atom. The van der Waals surface area contributed by atoms with E-state index in [0.717, 1.165) is 11.3 Å². The number of ether oxygens (including phenoxy) is 2. The zero-order valence-electron chi connectivity index (χ0n) is 11.0. The SMILES string of the molecule is CC(=O)c1ccc(NCC2COC(C)(C)O2)cc1. The quantitative estimate of drug-likeness (QED) is 0.833. The van der Waals surface area contributed by atoms with E-state index in [1.165, 1.54) is 0 Å². The Bertz CT molecular complexity index is 425. The Kier molecular flexibility index (Phi) is 3.68. The highest BCUT2D eigenvalue weighted by molar-refractivity contribution is 5.94. The summed E-state index contributed by atoms with van der Waals surface area (Å²) in [4.78, 5) is 11.1. The first-order valence-corrected chi connectivity index (χ1v) is 6.13. The zero-order valence-corrected chi connectivity index (χ0v) is 11.0. The molecule has 0 aliphatic carbocycles. The molecule has 1 aliphatic rings. The number of carbonyl (C=O) groups is 1. The predicted molar refractivity (Wildman–Crippen MR) is 69.8 cm³/mol. The van der Waals surface area contributed by atoms with Crippen LogP contribution < -0.4 is 5.32 Å². The van der Waals surface area contributed by atoms with Crippen molar-refractivity contribution in [1.29, 1.82) is 0 Å². The molecule has 1 heterocycles. The van der Waals surface area contributed by atoms with Gasteiger partial charge in [0, 0.05) is 17.8 Å². The topological polar surface area (TPSA) is 47.6 Å². The number of carbonyl (C=O) groups excluding carboxylic acids is 1. The van der Waals surface area contributed by atoms with Crippen molar-refractivity contribution in [2.24, 2.45) is 0 Å². The molecule has 1 saturated heterocycles. The average Bonchev–Trinajstić information content (AvgIpc) is 2.67. The second kappa shape index (κ2) is 5.08. The Morgan fingerprint density at radius 2 is 2.06 bits per heavy atom. The van der Waals surface area contributed by atoms with E-state index in [1.807, 2.05) is 38.1 Å². The summed E-state index contributed by atoms with van der Waals surface area (Å²) in [5.74, 6) is -0.402. The summed E-state index contributed by atoms with van der Waals surface area (Å²) in [6.07, 6.45) is 0.0625. The summed E-state index contributed by atoms with van der Waals surface area (Å²) >= 11 is 0. The molecule has 1 aliphatic heterocycles. The van der Waals surface area contributed by atoms with Gasteiger partial charge in [-0.1, -0.05) is 0 Å². The number of ketones is 1. The van der Waals surface area contributed by atoms with Gasteiger partial charge in [-0.25, -0.2) is 0 Å². The first kappa shape index (κ1) is 13.1. The summed E-state index contributed by atoms with van der Waals surface area (Å²) < 4.78 is 11.2. The molecule has 18 heavy (non-hydrogen) atoms. The number of nitrogens with one attached hydrogen (secondary N) is 1. The molecule has 4 nitrogen and oxygen atoms in total. The number of hydrogen-bond acceptors (Lipinski definition) is 4. The lowest BCUT2D eigenvalue weighted by molar-refractivity contribution is -0.136. The zero-order chi connectivity index (χ0) is 13.2. The molecule has 1 aromatic carbocycles. The molecule has 4 heteroatoms. The van der Waals surface area contributed by atoms with Crippen LogP contribution in [-0.4, -0.2) is 30.8 Å². The predicted octanol–water partition coefficient (Wildman–Crippen LogP) is 2.45. The van der Waals surface area contributed by atoms with Crippen LogP contribution in [0.2, 0.25) is 0 Å². The third kappa shape index (κ3) is 3.31. The molecule has 1 aromatic rings. The molecule has 2 rings (SSSR count). The Balaban J connectivity index is 1.85. The molecule has 1 N–H and O–H groups in total. The smallest absolute Gasteiger partial charge is 0.163 e. The second-order valence-electron chi connectivity index (χ2n) is 4.97. The van der Waals surface area contributed by atoms with Gasteiger partial charge in [-0.15, -0.1) is 0 Å². The molecule has 0 bridgehead atoms. The minimum Gasteiger partial charge on any atom is -0.382 e. The molecule has 1 atom stereocenters. The number of anilines is 1. The van der Waals surface area contributed by atoms with Crippen LogP contribution >= 0.6 is 0 Å². The third-order valence-electron chi connectivity index (χ3n) is 2.89. The first-order chi connectivity index (χ1) is 8.46. The van der Waals surface area contributed by atoms with Gasteiger partial charge in [-0.2, -0.15) is 0 Å². The molecule has 0 aromatic heterocycles. The molecular formula is C14H19NO3. The molecule has 0 radical (unpaired) electrons. The van der Waals surface area contributed by atoms with Gasteiger partial charge in [0.25, 0.3) is 0 Å². The molecule has 0 spiro atoms. The lowest BCUT2D eigenvalue weighted by Crippen LogP contribution is -2.25. The maximum atomic E-state index is 11.1. The van der Waals surface area contributed by atoms with Gasteiger partial charge in [0.2, 0.25) is 0 Å². The van der Waals surface area contributed by atoms with Crippen molar-refractivity contribution in [2.75, 3.05) is 18.5 Å². The highest BCUT2D eigenvalue weighted by Crippen LogP contribution is 2.22. The monoisotopic (exact) mass is 249 g/mol. The number of rotatable bonds is 4. The average molecular weight is 249 g/mol. The van der Waals surface area contributed by atoms with Gasteiger partial charge in [0.05, 0.1) is 6.61 Å². The van der Waals surface area contributed by atoms with Gasteiger partial charge in [0.15, 0.2) is 11.6 Å². The minimum absolute atomic E-state index is 0.0625. The number of Topliss-reactive ketones (excluding diaryl/α,β-unsaturated/α-hetero) is 1.